The lowest BCUT2D eigenvalue weighted by Gasteiger charge is -2.31. The Labute approximate surface area is 158 Å². The van der Waals surface area contributed by atoms with Crippen LogP contribution in [0.2, 0.25) is 0 Å². The van der Waals surface area contributed by atoms with Crippen molar-refractivity contribution < 1.29 is 9.53 Å². The van der Waals surface area contributed by atoms with Gasteiger partial charge in [-0.2, -0.15) is 0 Å². The van der Waals surface area contributed by atoms with Crippen molar-refractivity contribution in [1.29, 1.82) is 0 Å². The Kier molecular flexibility index (Phi) is 6.97. The van der Waals surface area contributed by atoms with Gasteiger partial charge in [0.15, 0.2) is 0 Å². The lowest BCUT2D eigenvalue weighted by molar-refractivity contribution is -0.129. The van der Waals surface area contributed by atoms with Crippen molar-refractivity contribution in [2.24, 2.45) is 5.73 Å². The number of hydrogen-bond donors (Lipinski definition) is 2. The summed E-state index contributed by atoms with van der Waals surface area (Å²) in [4.78, 5) is 24.1. The van der Waals surface area contributed by atoms with Crippen molar-refractivity contribution >= 4 is 18.3 Å². The van der Waals surface area contributed by atoms with Crippen LogP contribution >= 0.6 is 12.4 Å². The van der Waals surface area contributed by atoms with Crippen LogP contribution in [0.5, 0.6) is 0 Å². The number of hydrogen-bond acceptors (Lipinski definition) is 4. The second kappa shape index (κ2) is 8.98. The number of carbonyl (C=O) groups is 1. The van der Waals surface area contributed by atoms with Gasteiger partial charge in [-0.05, 0) is 30.0 Å². The quantitative estimate of drug-likeness (QED) is 0.825. The molecule has 0 radical (unpaired) electrons. The van der Waals surface area contributed by atoms with Crippen LogP contribution in [-0.4, -0.2) is 29.2 Å². The maximum Gasteiger partial charge on any atom is 0.250 e. The van der Waals surface area contributed by atoms with E-state index in [4.69, 9.17) is 10.5 Å². The van der Waals surface area contributed by atoms with Gasteiger partial charge in [-0.3, -0.25) is 9.59 Å². The van der Waals surface area contributed by atoms with Gasteiger partial charge >= 0.3 is 0 Å². The first kappa shape index (κ1) is 20.2. The van der Waals surface area contributed by atoms with Crippen LogP contribution in [0, 0.1) is 0 Å². The van der Waals surface area contributed by atoms with Gasteiger partial charge < -0.3 is 20.4 Å². The van der Waals surface area contributed by atoms with E-state index < -0.39 is 5.54 Å². The third kappa shape index (κ3) is 4.94. The molecule has 1 aliphatic heterocycles. The predicted octanol–water partition coefficient (Wildman–Crippen LogP) is 1.44. The number of nitrogens with one attached hydrogen (secondary N) is 1. The maximum atomic E-state index is 12.3. The summed E-state index contributed by atoms with van der Waals surface area (Å²) in [5, 5.41) is 2.91. The van der Waals surface area contributed by atoms with Crippen LogP contribution in [0.4, 0.5) is 0 Å². The van der Waals surface area contributed by atoms with E-state index in [0.29, 0.717) is 39.1 Å². The summed E-state index contributed by atoms with van der Waals surface area (Å²) in [5.74, 6) is -0.129. The molecular weight excluding hydrogens is 354 g/mol. The van der Waals surface area contributed by atoms with Crippen molar-refractivity contribution in [3.05, 3.63) is 70.1 Å². The van der Waals surface area contributed by atoms with Gasteiger partial charge in [0, 0.05) is 32.0 Å². The van der Waals surface area contributed by atoms with E-state index in [-0.39, 0.29) is 23.9 Å². The van der Waals surface area contributed by atoms with E-state index in [1.165, 1.54) is 0 Å². The molecule has 7 heteroatoms. The topological polar surface area (TPSA) is 86.4 Å². The summed E-state index contributed by atoms with van der Waals surface area (Å²) in [7, 11) is 0. The van der Waals surface area contributed by atoms with E-state index in [2.05, 4.69) is 5.32 Å². The molecule has 3 N–H and O–H groups in total. The fourth-order valence-corrected chi connectivity index (χ4v) is 2.87. The molecule has 6 nitrogen and oxygen atoms in total. The van der Waals surface area contributed by atoms with Gasteiger partial charge in [-0.25, -0.2) is 0 Å². The van der Waals surface area contributed by atoms with E-state index in [0.717, 1.165) is 11.1 Å². The third-order valence-corrected chi connectivity index (χ3v) is 4.57. The molecule has 0 saturated carbocycles. The Balaban J connectivity index is 0.00000243. The van der Waals surface area contributed by atoms with Gasteiger partial charge in [0.25, 0.3) is 5.56 Å². The number of aromatic nitrogens is 1. The van der Waals surface area contributed by atoms with Crippen LogP contribution in [0.15, 0.2) is 53.5 Å². The largest absolute Gasteiger partial charge is 0.381 e. The maximum absolute atomic E-state index is 12.3. The minimum Gasteiger partial charge on any atom is -0.381 e. The monoisotopic (exact) mass is 377 g/mol. The Morgan fingerprint density at radius 1 is 1.12 bits per heavy atom. The summed E-state index contributed by atoms with van der Waals surface area (Å²) in [6.07, 6.45) is 2.86. The number of amides is 1. The molecule has 0 bridgehead atoms. The SMILES string of the molecule is Cl.NC1(C(=O)NCc2ccc(Cn3ccccc3=O)cc2)CCOCC1. The molecule has 1 saturated heterocycles. The lowest BCUT2D eigenvalue weighted by Crippen LogP contribution is -2.56. The van der Waals surface area contributed by atoms with Crippen molar-refractivity contribution in [2.75, 3.05) is 13.2 Å². The first-order chi connectivity index (χ1) is 12.1. The molecule has 3 rings (SSSR count). The molecule has 2 heterocycles. The number of pyridine rings is 1. The van der Waals surface area contributed by atoms with Crippen LogP contribution in [0.25, 0.3) is 0 Å². The van der Waals surface area contributed by atoms with Crippen LogP contribution in [-0.2, 0) is 22.6 Å². The second-order valence-electron chi connectivity index (χ2n) is 6.43. The molecule has 1 aliphatic rings. The van der Waals surface area contributed by atoms with Crippen LogP contribution in [0.3, 0.4) is 0 Å². The predicted molar refractivity (Wildman–Crippen MR) is 102 cm³/mol. The Hall–Kier alpha value is -2.15. The summed E-state index contributed by atoms with van der Waals surface area (Å²) in [5.41, 5.74) is 7.34. The summed E-state index contributed by atoms with van der Waals surface area (Å²) in [6, 6.07) is 13.0. The molecule has 26 heavy (non-hydrogen) atoms. The highest BCUT2D eigenvalue weighted by Crippen LogP contribution is 2.18. The highest BCUT2D eigenvalue weighted by molar-refractivity contribution is 5.86. The molecule has 140 valence electrons. The van der Waals surface area contributed by atoms with E-state index in [1.54, 1.807) is 22.9 Å². The average molecular weight is 378 g/mol. The number of carbonyl (C=O) groups excluding carboxylic acids is 1. The fraction of sp³-hybridized carbons (Fsp3) is 0.368. The van der Waals surface area contributed by atoms with Crippen molar-refractivity contribution in [3.8, 4) is 0 Å². The first-order valence-electron chi connectivity index (χ1n) is 8.45. The van der Waals surface area contributed by atoms with Gasteiger partial charge in [0.05, 0.1) is 12.1 Å². The van der Waals surface area contributed by atoms with Crippen LogP contribution < -0.4 is 16.6 Å². The average Bonchev–Trinajstić information content (AvgIpc) is 2.63. The molecule has 1 aromatic carbocycles. The van der Waals surface area contributed by atoms with Crippen LogP contribution in [0.1, 0.15) is 24.0 Å². The summed E-state index contributed by atoms with van der Waals surface area (Å²) in [6.45, 7) is 2.01. The zero-order chi connectivity index (χ0) is 17.7. The van der Waals surface area contributed by atoms with Crippen molar-refractivity contribution in [1.82, 2.24) is 9.88 Å². The molecule has 0 aliphatic carbocycles. The molecule has 0 spiro atoms. The molecule has 1 amide bonds. The molecule has 2 aromatic rings. The van der Waals surface area contributed by atoms with E-state index in [9.17, 15) is 9.59 Å². The first-order valence-corrected chi connectivity index (χ1v) is 8.45. The Bertz CT molecular complexity index is 783. The third-order valence-electron chi connectivity index (χ3n) is 4.57. The highest BCUT2D eigenvalue weighted by Gasteiger charge is 2.35. The van der Waals surface area contributed by atoms with Gasteiger partial charge in [-0.15, -0.1) is 12.4 Å². The summed E-state index contributed by atoms with van der Waals surface area (Å²) >= 11 is 0. The fourth-order valence-electron chi connectivity index (χ4n) is 2.87. The van der Waals surface area contributed by atoms with Gasteiger partial charge in [-0.1, -0.05) is 30.3 Å². The number of halogens is 1. The van der Waals surface area contributed by atoms with Crippen molar-refractivity contribution in [2.45, 2.75) is 31.5 Å². The Morgan fingerprint density at radius 3 is 2.42 bits per heavy atom. The zero-order valence-corrected chi connectivity index (χ0v) is 15.3. The normalized spacial score (nSPS) is 15.7. The highest BCUT2D eigenvalue weighted by atomic mass is 35.5. The minimum atomic E-state index is -0.827. The van der Waals surface area contributed by atoms with Crippen molar-refractivity contribution in [3.63, 3.8) is 0 Å². The van der Waals surface area contributed by atoms with E-state index in [1.807, 2.05) is 30.3 Å². The number of nitrogens with two attached hydrogens (primary N) is 1. The molecule has 0 atom stereocenters. The number of benzene rings is 1. The molecule has 1 aromatic heterocycles. The van der Waals surface area contributed by atoms with Gasteiger partial charge in [0.2, 0.25) is 5.91 Å². The smallest absolute Gasteiger partial charge is 0.250 e. The van der Waals surface area contributed by atoms with Gasteiger partial charge in [0.1, 0.15) is 0 Å². The molecular formula is C19H24ClN3O3. The van der Waals surface area contributed by atoms with E-state index >= 15 is 0 Å². The molecule has 1 fully saturated rings. The second-order valence-corrected chi connectivity index (χ2v) is 6.43. The lowest BCUT2D eigenvalue weighted by atomic mass is 9.90. The Morgan fingerprint density at radius 2 is 1.77 bits per heavy atom. The molecule has 0 unspecified atom stereocenters. The standard InChI is InChI=1S/C19H23N3O3.ClH/c20-19(8-11-25-12-9-19)18(24)21-13-15-4-6-16(7-5-15)14-22-10-2-1-3-17(22)23;/h1-7,10H,8-9,11-14,20H2,(H,21,24);1H. The zero-order valence-electron chi connectivity index (χ0n) is 14.5. The minimum absolute atomic E-state index is 0. The number of rotatable bonds is 5. The summed E-state index contributed by atoms with van der Waals surface area (Å²) < 4.78 is 6.92. The number of ether oxygens (including phenoxy) is 1. The number of nitrogens with zero attached hydrogens (tertiary/aromatic N) is 1.